The molecule has 7 heteroatoms. The van der Waals surface area contributed by atoms with Gasteiger partial charge in [0.1, 0.15) is 0 Å². The van der Waals surface area contributed by atoms with E-state index in [4.69, 9.17) is 4.74 Å². The number of methoxy groups -OCH3 is 1. The lowest BCUT2D eigenvalue weighted by molar-refractivity contribution is 0.0600. The number of carbonyl (C=O) groups excluding carboxylic acids is 1. The van der Waals surface area contributed by atoms with Crippen molar-refractivity contribution in [1.82, 2.24) is 20.4 Å². The highest BCUT2D eigenvalue weighted by Crippen LogP contribution is 2.09. The van der Waals surface area contributed by atoms with Gasteiger partial charge in [-0.05, 0) is 54.8 Å². The third-order valence-electron chi connectivity index (χ3n) is 4.55. The topological polar surface area (TPSA) is 80.5 Å². The molecule has 1 aromatic heterocycles. The smallest absolute Gasteiger partial charge is 0.337 e. The number of guanidine groups is 1. The molecule has 0 atom stereocenters. The molecule has 3 rings (SSSR count). The van der Waals surface area contributed by atoms with Crippen LogP contribution in [0.3, 0.4) is 0 Å². The number of hydrogen-bond donors (Lipinski definition) is 2. The van der Waals surface area contributed by atoms with Crippen LogP contribution in [0, 0.1) is 0 Å². The molecule has 0 amide bonds. The van der Waals surface area contributed by atoms with Crippen molar-refractivity contribution in [3.05, 3.63) is 83.7 Å². The Morgan fingerprint density at radius 3 is 2.43 bits per heavy atom. The quantitative estimate of drug-likeness (QED) is 0.342. The highest BCUT2D eigenvalue weighted by Gasteiger charge is 2.04. The van der Waals surface area contributed by atoms with Crippen molar-refractivity contribution >= 4 is 11.9 Å². The number of benzene rings is 2. The predicted octanol–water partition coefficient (Wildman–Crippen LogP) is 2.96. The molecule has 2 aromatic carbocycles. The van der Waals surface area contributed by atoms with Gasteiger partial charge in [0.05, 0.1) is 24.9 Å². The molecule has 156 valence electrons. The normalized spacial score (nSPS) is 11.2. The third kappa shape index (κ3) is 5.94. The molecule has 1 heterocycles. The van der Waals surface area contributed by atoms with E-state index >= 15 is 0 Å². The first-order valence-electron chi connectivity index (χ1n) is 9.98. The molecule has 0 spiro atoms. The van der Waals surface area contributed by atoms with Gasteiger partial charge in [-0.25, -0.2) is 14.5 Å². The summed E-state index contributed by atoms with van der Waals surface area (Å²) >= 11 is 0. The summed E-state index contributed by atoms with van der Waals surface area (Å²) in [5, 5.41) is 10.9. The average Bonchev–Trinajstić information content (AvgIpc) is 3.33. The Labute approximate surface area is 176 Å². The van der Waals surface area contributed by atoms with E-state index in [1.54, 1.807) is 18.3 Å². The first-order chi connectivity index (χ1) is 14.7. The minimum absolute atomic E-state index is 0.335. The van der Waals surface area contributed by atoms with Gasteiger partial charge < -0.3 is 15.4 Å². The highest BCUT2D eigenvalue weighted by atomic mass is 16.5. The molecule has 0 radical (unpaired) electrons. The van der Waals surface area contributed by atoms with Gasteiger partial charge in [-0.2, -0.15) is 5.10 Å². The molecule has 0 saturated carbocycles. The van der Waals surface area contributed by atoms with E-state index < -0.39 is 0 Å². The Bertz CT molecular complexity index is 948. The molecule has 0 aliphatic rings. The van der Waals surface area contributed by atoms with Gasteiger partial charge in [-0.1, -0.05) is 24.3 Å². The van der Waals surface area contributed by atoms with Crippen LogP contribution in [0.25, 0.3) is 5.69 Å². The standard InChI is InChI=1S/C23H27N5O2/c1-3-24-23(26-17-19-5-9-20(10-6-19)22(29)30-2)25-15-13-18-7-11-21(12-8-18)28-16-4-14-27-28/h4-12,14,16H,3,13,15,17H2,1-2H3,(H2,24,25,26). The number of ether oxygens (including phenoxy) is 1. The van der Waals surface area contributed by atoms with Crippen LogP contribution in [0.1, 0.15) is 28.4 Å². The SMILES string of the molecule is CCNC(=NCc1ccc(C(=O)OC)cc1)NCCc1ccc(-n2cccn2)cc1. The van der Waals surface area contributed by atoms with Gasteiger partial charge in [-0.3, -0.25) is 0 Å². The maximum atomic E-state index is 11.5. The van der Waals surface area contributed by atoms with Crippen LogP contribution in [0.15, 0.2) is 72.0 Å². The summed E-state index contributed by atoms with van der Waals surface area (Å²) in [5.41, 5.74) is 3.85. The molecule has 0 aliphatic heterocycles. The molecule has 0 aliphatic carbocycles. The Balaban J connectivity index is 1.51. The summed E-state index contributed by atoms with van der Waals surface area (Å²) in [6.07, 6.45) is 4.59. The van der Waals surface area contributed by atoms with Crippen molar-refractivity contribution in [2.45, 2.75) is 19.9 Å². The lowest BCUT2D eigenvalue weighted by atomic mass is 10.1. The number of hydrogen-bond acceptors (Lipinski definition) is 4. The second kappa shape index (κ2) is 10.8. The minimum atomic E-state index is -0.335. The Hall–Kier alpha value is -3.61. The van der Waals surface area contributed by atoms with Gasteiger partial charge in [0.15, 0.2) is 5.96 Å². The monoisotopic (exact) mass is 405 g/mol. The molecule has 0 unspecified atom stereocenters. The molecule has 7 nitrogen and oxygen atoms in total. The number of esters is 1. The zero-order valence-corrected chi connectivity index (χ0v) is 17.3. The molecular weight excluding hydrogens is 378 g/mol. The molecule has 0 bridgehead atoms. The Morgan fingerprint density at radius 2 is 1.80 bits per heavy atom. The van der Waals surface area contributed by atoms with Crippen LogP contribution in [-0.2, 0) is 17.7 Å². The summed E-state index contributed by atoms with van der Waals surface area (Å²) in [6.45, 7) is 4.12. The van der Waals surface area contributed by atoms with E-state index in [-0.39, 0.29) is 5.97 Å². The van der Waals surface area contributed by atoms with Crippen molar-refractivity contribution in [2.24, 2.45) is 4.99 Å². The van der Waals surface area contributed by atoms with E-state index in [1.807, 2.05) is 36.0 Å². The second-order valence-electron chi connectivity index (χ2n) is 6.68. The Morgan fingerprint density at radius 1 is 1.07 bits per heavy atom. The van der Waals surface area contributed by atoms with E-state index in [1.165, 1.54) is 12.7 Å². The summed E-state index contributed by atoms with van der Waals surface area (Å²) in [5.74, 6) is 0.431. The van der Waals surface area contributed by atoms with Gasteiger partial charge in [0.25, 0.3) is 0 Å². The largest absolute Gasteiger partial charge is 0.465 e. The molecular formula is C23H27N5O2. The van der Waals surface area contributed by atoms with E-state index in [0.717, 1.165) is 36.7 Å². The molecule has 30 heavy (non-hydrogen) atoms. The van der Waals surface area contributed by atoms with Crippen LogP contribution in [-0.4, -0.2) is 41.9 Å². The zero-order valence-electron chi connectivity index (χ0n) is 17.3. The minimum Gasteiger partial charge on any atom is -0.465 e. The van der Waals surface area contributed by atoms with E-state index in [9.17, 15) is 4.79 Å². The van der Waals surface area contributed by atoms with Crippen LogP contribution in [0.5, 0.6) is 0 Å². The second-order valence-corrected chi connectivity index (χ2v) is 6.68. The van der Waals surface area contributed by atoms with Crippen LogP contribution in [0.2, 0.25) is 0 Å². The first kappa shape index (κ1) is 21.1. The number of nitrogens with one attached hydrogen (secondary N) is 2. The fourth-order valence-electron chi connectivity index (χ4n) is 2.94. The van der Waals surface area contributed by atoms with Crippen LogP contribution >= 0.6 is 0 Å². The van der Waals surface area contributed by atoms with Crippen molar-refractivity contribution in [3.63, 3.8) is 0 Å². The van der Waals surface area contributed by atoms with Crippen molar-refractivity contribution in [2.75, 3.05) is 20.2 Å². The number of rotatable bonds is 8. The highest BCUT2D eigenvalue weighted by molar-refractivity contribution is 5.89. The number of nitrogens with zero attached hydrogens (tertiary/aromatic N) is 3. The summed E-state index contributed by atoms with van der Waals surface area (Å²) < 4.78 is 6.56. The summed E-state index contributed by atoms with van der Waals surface area (Å²) in [4.78, 5) is 16.1. The first-order valence-corrected chi connectivity index (χ1v) is 9.98. The summed E-state index contributed by atoms with van der Waals surface area (Å²) in [6, 6.07) is 17.6. The number of aromatic nitrogens is 2. The summed E-state index contributed by atoms with van der Waals surface area (Å²) in [7, 11) is 1.38. The number of aliphatic imine (C=N–C) groups is 1. The van der Waals surface area contributed by atoms with E-state index in [0.29, 0.717) is 12.1 Å². The van der Waals surface area contributed by atoms with Crippen molar-refractivity contribution < 1.29 is 9.53 Å². The van der Waals surface area contributed by atoms with Gasteiger partial charge in [0, 0.05) is 25.5 Å². The fraction of sp³-hybridized carbons (Fsp3) is 0.261. The van der Waals surface area contributed by atoms with E-state index in [2.05, 4.69) is 45.0 Å². The van der Waals surface area contributed by atoms with Crippen molar-refractivity contribution in [3.8, 4) is 5.69 Å². The fourth-order valence-corrected chi connectivity index (χ4v) is 2.94. The number of carbonyl (C=O) groups is 1. The molecule has 3 aromatic rings. The van der Waals surface area contributed by atoms with Gasteiger partial charge in [0.2, 0.25) is 0 Å². The third-order valence-corrected chi connectivity index (χ3v) is 4.55. The van der Waals surface area contributed by atoms with Crippen LogP contribution < -0.4 is 10.6 Å². The lowest BCUT2D eigenvalue weighted by Crippen LogP contribution is -2.38. The Kier molecular flexibility index (Phi) is 7.60. The van der Waals surface area contributed by atoms with Crippen molar-refractivity contribution in [1.29, 1.82) is 0 Å². The zero-order chi connectivity index (χ0) is 21.2. The maximum Gasteiger partial charge on any atom is 0.337 e. The molecule has 2 N–H and O–H groups in total. The predicted molar refractivity (Wildman–Crippen MR) is 118 cm³/mol. The van der Waals surface area contributed by atoms with Gasteiger partial charge in [-0.15, -0.1) is 0 Å². The molecule has 0 saturated heterocycles. The van der Waals surface area contributed by atoms with Crippen LogP contribution in [0.4, 0.5) is 0 Å². The average molecular weight is 406 g/mol. The maximum absolute atomic E-state index is 11.5. The lowest BCUT2D eigenvalue weighted by Gasteiger charge is -2.12. The molecule has 0 fully saturated rings. The van der Waals surface area contributed by atoms with Gasteiger partial charge >= 0.3 is 5.97 Å².